The molecule has 2 rings (SSSR count). The van der Waals surface area contributed by atoms with Crippen molar-refractivity contribution in [1.29, 1.82) is 0 Å². The number of benzene rings is 1. The van der Waals surface area contributed by atoms with Crippen LogP contribution in [0.3, 0.4) is 0 Å². The molecule has 0 fully saturated rings. The van der Waals surface area contributed by atoms with Crippen molar-refractivity contribution in [3.63, 3.8) is 0 Å². The summed E-state index contributed by atoms with van der Waals surface area (Å²) in [7, 11) is 0. The van der Waals surface area contributed by atoms with E-state index in [1.54, 1.807) is 24.0 Å². The first-order chi connectivity index (χ1) is 9.70. The predicted octanol–water partition coefficient (Wildman–Crippen LogP) is 1.99. The Morgan fingerprint density at radius 3 is 2.90 bits per heavy atom. The number of nitrogens with one attached hydrogen (secondary N) is 1. The molecule has 1 aromatic carbocycles. The van der Waals surface area contributed by atoms with E-state index in [9.17, 15) is 9.59 Å². The van der Waals surface area contributed by atoms with Gasteiger partial charge in [0.05, 0.1) is 5.69 Å². The van der Waals surface area contributed by atoms with Gasteiger partial charge in [0.1, 0.15) is 6.54 Å². The number of amides is 1. The first-order valence-electron chi connectivity index (χ1n) is 6.24. The van der Waals surface area contributed by atoms with E-state index < -0.39 is 5.69 Å². The van der Waals surface area contributed by atoms with E-state index >= 15 is 0 Å². The lowest BCUT2D eigenvalue weighted by Crippen LogP contribution is -2.28. The molecule has 6 heteroatoms. The van der Waals surface area contributed by atoms with Crippen molar-refractivity contribution < 1.29 is 4.79 Å². The van der Waals surface area contributed by atoms with Gasteiger partial charge in [0.25, 0.3) is 0 Å². The van der Waals surface area contributed by atoms with Gasteiger partial charge in [-0.2, -0.15) is 0 Å². The zero-order valence-corrected chi connectivity index (χ0v) is 11.9. The van der Waals surface area contributed by atoms with Crippen LogP contribution in [0.2, 0.25) is 0 Å². The van der Waals surface area contributed by atoms with E-state index in [0.29, 0.717) is 0 Å². The number of rotatable bonds is 5. The zero-order chi connectivity index (χ0) is 14.4. The van der Waals surface area contributed by atoms with Crippen LogP contribution in [0.15, 0.2) is 52.4 Å². The minimum absolute atomic E-state index is 0.0438. The quantitative estimate of drug-likeness (QED) is 0.855. The molecule has 0 unspecified atom stereocenters. The molecule has 0 aliphatic rings. The fourth-order valence-electron chi connectivity index (χ4n) is 1.70. The van der Waals surface area contributed by atoms with Gasteiger partial charge in [-0.3, -0.25) is 9.36 Å². The van der Waals surface area contributed by atoms with Crippen molar-refractivity contribution in [3.8, 4) is 0 Å². The Kier molecular flexibility index (Phi) is 4.95. The molecule has 1 amide bonds. The van der Waals surface area contributed by atoms with Crippen LogP contribution in [0.1, 0.15) is 6.92 Å². The van der Waals surface area contributed by atoms with E-state index in [2.05, 4.69) is 17.2 Å². The Hall–Kier alpha value is -2.08. The monoisotopic (exact) mass is 289 g/mol. The summed E-state index contributed by atoms with van der Waals surface area (Å²) in [6.45, 7) is 2.01. The molecule has 0 atom stereocenters. The summed E-state index contributed by atoms with van der Waals surface area (Å²) in [5.41, 5.74) is 0.333. The van der Waals surface area contributed by atoms with Crippen LogP contribution in [0, 0.1) is 0 Å². The highest BCUT2D eigenvalue weighted by atomic mass is 32.2. The minimum atomic E-state index is -0.432. The van der Waals surface area contributed by atoms with Crippen LogP contribution < -0.4 is 11.0 Å². The molecule has 2 aromatic rings. The highest BCUT2D eigenvalue weighted by molar-refractivity contribution is 7.99. The van der Waals surface area contributed by atoms with Crippen molar-refractivity contribution in [2.24, 2.45) is 0 Å². The molecule has 0 aliphatic carbocycles. The number of aromatic nitrogens is 2. The summed E-state index contributed by atoms with van der Waals surface area (Å²) in [4.78, 5) is 28.1. The number of hydrogen-bond donors (Lipinski definition) is 1. The third kappa shape index (κ3) is 3.71. The van der Waals surface area contributed by atoms with Gasteiger partial charge in [-0.05, 0) is 24.0 Å². The molecule has 20 heavy (non-hydrogen) atoms. The fraction of sp³-hybridized carbons (Fsp3) is 0.214. The summed E-state index contributed by atoms with van der Waals surface area (Å²) < 4.78 is 1.27. The van der Waals surface area contributed by atoms with Crippen LogP contribution in [-0.2, 0) is 11.3 Å². The Balaban J connectivity index is 2.09. The average molecular weight is 289 g/mol. The van der Waals surface area contributed by atoms with Gasteiger partial charge in [-0.25, -0.2) is 9.78 Å². The lowest BCUT2D eigenvalue weighted by Gasteiger charge is -2.10. The molecule has 1 heterocycles. The maximum absolute atomic E-state index is 12.0. The molecule has 0 bridgehead atoms. The van der Waals surface area contributed by atoms with Gasteiger partial charge in [0, 0.05) is 17.3 Å². The highest BCUT2D eigenvalue weighted by Crippen LogP contribution is 2.26. The van der Waals surface area contributed by atoms with E-state index in [0.717, 1.165) is 16.3 Å². The summed E-state index contributed by atoms with van der Waals surface area (Å²) in [5.74, 6) is 0.679. The van der Waals surface area contributed by atoms with Gasteiger partial charge >= 0.3 is 5.69 Å². The van der Waals surface area contributed by atoms with Gasteiger partial charge in [-0.15, -0.1) is 11.8 Å². The molecule has 0 saturated carbocycles. The van der Waals surface area contributed by atoms with Crippen molar-refractivity contribution >= 4 is 23.4 Å². The molecule has 5 nitrogen and oxygen atoms in total. The van der Waals surface area contributed by atoms with Crippen LogP contribution in [0.5, 0.6) is 0 Å². The average Bonchev–Trinajstić information content (AvgIpc) is 2.44. The Bertz CT molecular complexity index is 655. The highest BCUT2D eigenvalue weighted by Gasteiger charge is 2.08. The maximum Gasteiger partial charge on any atom is 0.347 e. The summed E-state index contributed by atoms with van der Waals surface area (Å²) in [5, 5.41) is 2.82. The number of anilines is 1. The second kappa shape index (κ2) is 6.91. The van der Waals surface area contributed by atoms with E-state index in [1.165, 1.54) is 10.8 Å². The smallest absolute Gasteiger partial charge is 0.324 e. The second-order valence-electron chi connectivity index (χ2n) is 4.01. The number of nitrogens with zero attached hydrogens (tertiary/aromatic N) is 2. The molecule has 104 valence electrons. The number of thioether (sulfide) groups is 1. The van der Waals surface area contributed by atoms with Crippen LogP contribution in [-0.4, -0.2) is 21.2 Å². The molecule has 1 aromatic heterocycles. The van der Waals surface area contributed by atoms with Crippen LogP contribution in [0.4, 0.5) is 5.69 Å². The Morgan fingerprint density at radius 2 is 2.15 bits per heavy atom. The lowest BCUT2D eigenvalue weighted by molar-refractivity contribution is -0.116. The summed E-state index contributed by atoms with van der Waals surface area (Å²) >= 11 is 1.66. The first kappa shape index (κ1) is 14.3. The third-order valence-corrected chi connectivity index (χ3v) is 3.51. The van der Waals surface area contributed by atoms with Crippen LogP contribution in [0.25, 0.3) is 0 Å². The van der Waals surface area contributed by atoms with E-state index in [1.807, 2.05) is 24.3 Å². The summed E-state index contributed by atoms with van der Waals surface area (Å²) in [6.07, 6.45) is 2.95. The first-order valence-corrected chi connectivity index (χ1v) is 7.22. The van der Waals surface area contributed by atoms with Crippen molar-refractivity contribution in [2.75, 3.05) is 11.1 Å². The van der Waals surface area contributed by atoms with Gasteiger partial charge in [-0.1, -0.05) is 19.1 Å². The van der Waals surface area contributed by atoms with Crippen molar-refractivity contribution in [3.05, 3.63) is 53.2 Å². The predicted molar refractivity (Wildman–Crippen MR) is 80.0 cm³/mol. The van der Waals surface area contributed by atoms with Gasteiger partial charge < -0.3 is 5.32 Å². The lowest BCUT2D eigenvalue weighted by atomic mass is 10.3. The van der Waals surface area contributed by atoms with Crippen molar-refractivity contribution in [1.82, 2.24) is 9.55 Å². The fourth-order valence-corrected chi connectivity index (χ4v) is 2.46. The maximum atomic E-state index is 12.0. The standard InChI is InChI=1S/C14H15N3O2S/c1-2-20-12-7-4-3-6-11(12)16-13(18)10-17-9-5-8-15-14(17)19/h3-9H,2,10H2,1H3,(H,16,18). The molecule has 0 spiro atoms. The van der Waals surface area contributed by atoms with E-state index in [-0.39, 0.29) is 12.5 Å². The molecule has 1 N–H and O–H groups in total. The van der Waals surface area contributed by atoms with Crippen LogP contribution >= 0.6 is 11.8 Å². The second-order valence-corrected chi connectivity index (χ2v) is 5.31. The molecule has 0 aliphatic heterocycles. The molecular weight excluding hydrogens is 274 g/mol. The normalized spacial score (nSPS) is 10.2. The Morgan fingerprint density at radius 1 is 1.35 bits per heavy atom. The summed E-state index contributed by atoms with van der Waals surface area (Å²) in [6, 6.07) is 9.22. The Labute approximate surface area is 121 Å². The topological polar surface area (TPSA) is 64.0 Å². The number of para-hydroxylation sites is 1. The number of carbonyl (C=O) groups is 1. The van der Waals surface area contributed by atoms with Gasteiger partial charge in [0.15, 0.2) is 0 Å². The molecule has 0 saturated heterocycles. The SMILES string of the molecule is CCSc1ccccc1NC(=O)Cn1cccnc1=O. The largest absolute Gasteiger partial charge is 0.347 e. The minimum Gasteiger partial charge on any atom is -0.324 e. The molecular formula is C14H15N3O2S. The number of hydrogen-bond acceptors (Lipinski definition) is 4. The van der Waals surface area contributed by atoms with E-state index in [4.69, 9.17) is 0 Å². The van der Waals surface area contributed by atoms with Crippen molar-refractivity contribution in [2.45, 2.75) is 18.4 Å². The zero-order valence-electron chi connectivity index (χ0n) is 11.1. The molecule has 0 radical (unpaired) electrons. The third-order valence-electron chi connectivity index (χ3n) is 2.56. The number of carbonyl (C=O) groups excluding carboxylic acids is 1. The van der Waals surface area contributed by atoms with Gasteiger partial charge in [0.2, 0.25) is 5.91 Å².